The van der Waals surface area contributed by atoms with Gasteiger partial charge in [0.05, 0.1) is 5.69 Å². The van der Waals surface area contributed by atoms with Gasteiger partial charge in [-0.05, 0) is 36.0 Å². The van der Waals surface area contributed by atoms with E-state index in [0.29, 0.717) is 11.4 Å². The Kier molecular flexibility index (Phi) is 3.39. The fraction of sp³-hybridized carbons (Fsp3) is 0.500. The Morgan fingerprint density at radius 3 is 2.07 bits per heavy atom. The lowest BCUT2D eigenvalue weighted by molar-refractivity contribution is 0.470. The quantitative estimate of drug-likeness (QED) is 0.572. The normalized spacial score (nSPS) is 10.5. The molecule has 2 heteroatoms. The minimum absolute atomic E-state index is 0.295. The number of phenols is 1. The molecule has 0 radical (unpaired) electrons. The number of aryl methyl sites for hydroxylation is 2. The number of benzene rings is 1. The summed E-state index contributed by atoms with van der Waals surface area (Å²) in [6, 6.07) is 2.12. The summed E-state index contributed by atoms with van der Waals surface area (Å²) in [5.41, 5.74) is 9.67. The van der Waals surface area contributed by atoms with Crippen molar-refractivity contribution in [1.82, 2.24) is 0 Å². The zero-order valence-electron chi connectivity index (χ0n) is 9.22. The van der Waals surface area contributed by atoms with Crippen LogP contribution in [0.4, 0.5) is 5.69 Å². The molecule has 3 N–H and O–H groups in total. The molecular weight excluding hydrogens is 174 g/mol. The summed E-state index contributed by atoms with van der Waals surface area (Å²) in [7, 11) is 0. The first-order chi connectivity index (χ1) is 6.65. The molecule has 14 heavy (non-hydrogen) atoms. The maximum absolute atomic E-state index is 9.90. The van der Waals surface area contributed by atoms with Crippen molar-refractivity contribution < 1.29 is 5.11 Å². The van der Waals surface area contributed by atoms with Crippen LogP contribution >= 0.6 is 0 Å². The van der Waals surface area contributed by atoms with Crippen molar-refractivity contribution in [3.63, 3.8) is 0 Å². The standard InChI is InChI=1S/C12H19NO/c1-4-8-7-9(5-2)11(13)12(14)10(8)6-3/h7,14H,4-6,13H2,1-3H3. The molecular formula is C12H19NO. The Hall–Kier alpha value is -1.18. The second-order valence-corrected chi connectivity index (χ2v) is 3.50. The van der Waals surface area contributed by atoms with Crippen molar-refractivity contribution in [3.05, 3.63) is 22.8 Å². The van der Waals surface area contributed by atoms with Crippen LogP contribution in [-0.4, -0.2) is 5.11 Å². The van der Waals surface area contributed by atoms with E-state index < -0.39 is 0 Å². The van der Waals surface area contributed by atoms with Gasteiger partial charge in [0, 0.05) is 0 Å². The molecule has 0 aromatic heterocycles. The average molecular weight is 193 g/mol. The Balaban J connectivity index is 3.38. The SMILES string of the molecule is CCc1cc(CC)c(CC)c(O)c1N. The maximum Gasteiger partial charge on any atom is 0.142 e. The lowest BCUT2D eigenvalue weighted by atomic mass is 9.96. The number of nitrogen functional groups attached to an aromatic ring is 1. The van der Waals surface area contributed by atoms with Gasteiger partial charge in [0.25, 0.3) is 0 Å². The molecule has 1 aromatic carbocycles. The molecule has 0 saturated carbocycles. The molecule has 0 fully saturated rings. The zero-order chi connectivity index (χ0) is 10.7. The maximum atomic E-state index is 9.90. The van der Waals surface area contributed by atoms with Gasteiger partial charge in [0.1, 0.15) is 5.75 Å². The minimum Gasteiger partial charge on any atom is -0.505 e. The number of phenolic OH excluding ortho intramolecular Hbond substituents is 1. The van der Waals surface area contributed by atoms with Gasteiger partial charge in [-0.2, -0.15) is 0 Å². The van der Waals surface area contributed by atoms with Crippen LogP contribution in [0.2, 0.25) is 0 Å². The highest BCUT2D eigenvalue weighted by atomic mass is 16.3. The van der Waals surface area contributed by atoms with Crippen molar-refractivity contribution in [2.45, 2.75) is 40.0 Å². The van der Waals surface area contributed by atoms with Gasteiger partial charge in [0.2, 0.25) is 0 Å². The van der Waals surface area contributed by atoms with Crippen LogP contribution in [0, 0.1) is 0 Å². The van der Waals surface area contributed by atoms with Crippen LogP contribution in [0.3, 0.4) is 0 Å². The third-order valence-electron chi connectivity index (χ3n) is 2.74. The summed E-state index contributed by atoms with van der Waals surface area (Å²) >= 11 is 0. The number of hydrogen-bond acceptors (Lipinski definition) is 2. The first-order valence-corrected chi connectivity index (χ1v) is 5.27. The average Bonchev–Trinajstić information content (AvgIpc) is 2.21. The highest BCUT2D eigenvalue weighted by molar-refractivity contribution is 5.63. The van der Waals surface area contributed by atoms with Crippen molar-refractivity contribution in [1.29, 1.82) is 0 Å². The van der Waals surface area contributed by atoms with Crippen molar-refractivity contribution in [2.24, 2.45) is 0 Å². The van der Waals surface area contributed by atoms with Crippen molar-refractivity contribution in [2.75, 3.05) is 5.73 Å². The van der Waals surface area contributed by atoms with Gasteiger partial charge < -0.3 is 10.8 Å². The molecule has 1 aromatic rings. The molecule has 0 bridgehead atoms. The molecule has 2 nitrogen and oxygen atoms in total. The second-order valence-electron chi connectivity index (χ2n) is 3.50. The molecule has 0 aliphatic heterocycles. The number of anilines is 1. The van der Waals surface area contributed by atoms with E-state index in [9.17, 15) is 5.11 Å². The van der Waals surface area contributed by atoms with Crippen molar-refractivity contribution in [3.8, 4) is 5.75 Å². The number of rotatable bonds is 3. The smallest absolute Gasteiger partial charge is 0.142 e. The molecule has 0 amide bonds. The van der Waals surface area contributed by atoms with Crippen LogP contribution in [0.5, 0.6) is 5.75 Å². The predicted molar refractivity (Wildman–Crippen MR) is 60.7 cm³/mol. The number of hydrogen-bond donors (Lipinski definition) is 2. The Morgan fingerprint density at radius 2 is 1.64 bits per heavy atom. The molecule has 0 aliphatic rings. The lowest BCUT2D eigenvalue weighted by Crippen LogP contribution is -2.00. The van der Waals surface area contributed by atoms with E-state index >= 15 is 0 Å². The molecule has 0 unspecified atom stereocenters. The van der Waals surface area contributed by atoms with E-state index in [0.717, 1.165) is 30.4 Å². The van der Waals surface area contributed by atoms with E-state index in [2.05, 4.69) is 19.9 Å². The highest BCUT2D eigenvalue weighted by Crippen LogP contribution is 2.32. The Bertz CT molecular complexity index is 332. The van der Waals surface area contributed by atoms with Gasteiger partial charge in [0.15, 0.2) is 0 Å². The summed E-state index contributed by atoms with van der Waals surface area (Å²) < 4.78 is 0. The number of aromatic hydroxyl groups is 1. The van der Waals surface area contributed by atoms with Crippen LogP contribution in [0.1, 0.15) is 37.5 Å². The summed E-state index contributed by atoms with van der Waals surface area (Å²) in [6.07, 6.45) is 2.66. The van der Waals surface area contributed by atoms with Gasteiger partial charge in [-0.15, -0.1) is 0 Å². The number of nitrogens with two attached hydrogens (primary N) is 1. The first-order valence-electron chi connectivity index (χ1n) is 5.27. The lowest BCUT2D eigenvalue weighted by Gasteiger charge is -2.14. The van der Waals surface area contributed by atoms with Crippen LogP contribution < -0.4 is 5.73 Å². The van der Waals surface area contributed by atoms with Crippen molar-refractivity contribution >= 4 is 5.69 Å². The molecule has 0 atom stereocenters. The first kappa shape index (κ1) is 10.9. The highest BCUT2D eigenvalue weighted by Gasteiger charge is 2.11. The third kappa shape index (κ3) is 1.69. The Morgan fingerprint density at radius 1 is 1.07 bits per heavy atom. The summed E-state index contributed by atoms with van der Waals surface area (Å²) in [4.78, 5) is 0. The third-order valence-corrected chi connectivity index (χ3v) is 2.74. The van der Waals surface area contributed by atoms with Gasteiger partial charge >= 0.3 is 0 Å². The minimum atomic E-state index is 0.295. The van der Waals surface area contributed by atoms with E-state index in [-0.39, 0.29) is 0 Å². The fourth-order valence-corrected chi connectivity index (χ4v) is 1.84. The topological polar surface area (TPSA) is 46.2 Å². The van der Waals surface area contributed by atoms with Crippen LogP contribution in [-0.2, 0) is 19.3 Å². The van der Waals surface area contributed by atoms with E-state index in [4.69, 9.17) is 5.73 Å². The molecule has 0 aliphatic carbocycles. The summed E-state index contributed by atoms with van der Waals surface area (Å²) in [5, 5.41) is 9.90. The predicted octanol–water partition coefficient (Wildman–Crippen LogP) is 2.66. The molecule has 78 valence electrons. The van der Waals surface area contributed by atoms with E-state index in [1.54, 1.807) is 0 Å². The molecule has 0 heterocycles. The molecule has 0 saturated heterocycles. The van der Waals surface area contributed by atoms with E-state index in [1.165, 1.54) is 5.56 Å². The second kappa shape index (κ2) is 4.36. The summed E-state index contributed by atoms with van der Waals surface area (Å²) in [6.45, 7) is 6.19. The Labute approximate surface area is 85.8 Å². The largest absolute Gasteiger partial charge is 0.505 e. The van der Waals surface area contributed by atoms with Crippen LogP contribution in [0.25, 0.3) is 0 Å². The zero-order valence-corrected chi connectivity index (χ0v) is 9.22. The fourth-order valence-electron chi connectivity index (χ4n) is 1.84. The van der Waals surface area contributed by atoms with E-state index in [1.807, 2.05) is 6.92 Å². The summed E-state index contributed by atoms with van der Waals surface area (Å²) in [5.74, 6) is 0.295. The molecule has 1 rings (SSSR count). The van der Waals surface area contributed by atoms with Crippen LogP contribution in [0.15, 0.2) is 6.07 Å². The van der Waals surface area contributed by atoms with Gasteiger partial charge in [-0.3, -0.25) is 0 Å². The molecule has 0 spiro atoms. The van der Waals surface area contributed by atoms with Gasteiger partial charge in [-0.25, -0.2) is 0 Å². The monoisotopic (exact) mass is 193 g/mol. The van der Waals surface area contributed by atoms with Gasteiger partial charge in [-0.1, -0.05) is 26.8 Å².